The molecule has 1 rings (SSSR count). The number of amides is 1. The van der Waals surface area contributed by atoms with Crippen LogP contribution in [0.1, 0.15) is 45.6 Å². The highest BCUT2D eigenvalue weighted by Crippen LogP contribution is 2.10. The minimum Gasteiger partial charge on any atom is -0.378 e. The Morgan fingerprint density at radius 2 is 1.95 bits per heavy atom. The predicted molar refractivity (Wildman–Crippen MR) is 83.9 cm³/mol. The maximum atomic E-state index is 11.8. The van der Waals surface area contributed by atoms with E-state index in [0.717, 1.165) is 6.42 Å². The molecule has 0 aliphatic heterocycles. The Kier molecular flexibility index (Phi) is 7.49. The quantitative estimate of drug-likeness (QED) is 0.741. The van der Waals surface area contributed by atoms with Crippen LogP contribution in [0.3, 0.4) is 0 Å². The molecule has 0 heterocycles. The van der Waals surface area contributed by atoms with Gasteiger partial charge in [-0.15, -0.1) is 0 Å². The Labute approximate surface area is 127 Å². The lowest BCUT2D eigenvalue weighted by molar-refractivity contribution is -0.116. The SMILES string of the molecule is CC(C)CC(C)OCCCC(=O)Nc1ccc(C#N)cc1. The van der Waals surface area contributed by atoms with Gasteiger partial charge in [0.2, 0.25) is 5.91 Å². The Morgan fingerprint density at radius 3 is 2.52 bits per heavy atom. The van der Waals surface area contributed by atoms with E-state index in [1.165, 1.54) is 0 Å². The molecule has 0 saturated heterocycles. The van der Waals surface area contributed by atoms with E-state index >= 15 is 0 Å². The average molecular weight is 288 g/mol. The average Bonchev–Trinajstić information content (AvgIpc) is 2.44. The van der Waals surface area contributed by atoms with Gasteiger partial charge in [0, 0.05) is 18.7 Å². The van der Waals surface area contributed by atoms with Crippen LogP contribution in [0, 0.1) is 17.2 Å². The van der Waals surface area contributed by atoms with E-state index in [1.54, 1.807) is 24.3 Å². The van der Waals surface area contributed by atoms with Crippen molar-refractivity contribution in [2.75, 3.05) is 11.9 Å². The van der Waals surface area contributed by atoms with Crippen LogP contribution in [-0.4, -0.2) is 18.6 Å². The second-order valence-electron chi connectivity index (χ2n) is 5.65. The molecule has 0 aromatic heterocycles. The number of anilines is 1. The van der Waals surface area contributed by atoms with E-state index in [0.29, 0.717) is 36.6 Å². The number of hydrogen-bond acceptors (Lipinski definition) is 3. The highest BCUT2D eigenvalue weighted by atomic mass is 16.5. The van der Waals surface area contributed by atoms with Gasteiger partial charge in [-0.3, -0.25) is 4.79 Å². The molecule has 0 aliphatic carbocycles. The van der Waals surface area contributed by atoms with E-state index < -0.39 is 0 Å². The van der Waals surface area contributed by atoms with Crippen molar-refractivity contribution in [3.63, 3.8) is 0 Å². The number of hydrogen-bond donors (Lipinski definition) is 1. The second-order valence-corrected chi connectivity index (χ2v) is 5.65. The van der Waals surface area contributed by atoms with Crippen molar-refractivity contribution >= 4 is 11.6 Å². The molecule has 1 amide bonds. The lowest BCUT2D eigenvalue weighted by Crippen LogP contribution is -2.15. The molecule has 1 N–H and O–H groups in total. The molecule has 0 saturated carbocycles. The fraction of sp³-hybridized carbons (Fsp3) is 0.529. The monoisotopic (exact) mass is 288 g/mol. The zero-order valence-electron chi connectivity index (χ0n) is 13.1. The third-order valence-corrected chi connectivity index (χ3v) is 3.05. The maximum Gasteiger partial charge on any atom is 0.224 e. The van der Waals surface area contributed by atoms with Crippen molar-refractivity contribution in [1.82, 2.24) is 0 Å². The highest BCUT2D eigenvalue weighted by molar-refractivity contribution is 5.90. The number of carbonyl (C=O) groups is 1. The summed E-state index contributed by atoms with van der Waals surface area (Å²) in [6, 6.07) is 8.89. The van der Waals surface area contributed by atoms with Crippen LogP contribution >= 0.6 is 0 Å². The molecule has 1 unspecified atom stereocenters. The third kappa shape index (κ3) is 7.48. The molecule has 114 valence electrons. The van der Waals surface area contributed by atoms with Gasteiger partial charge in [0.25, 0.3) is 0 Å². The number of carbonyl (C=O) groups excluding carboxylic acids is 1. The number of nitrogens with one attached hydrogen (secondary N) is 1. The summed E-state index contributed by atoms with van der Waals surface area (Å²) >= 11 is 0. The van der Waals surface area contributed by atoms with Crippen LogP contribution in [0.25, 0.3) is 0 Å². The van der Waals surface area contributed by atoms with E-state index in [-0.39, 0.29) is 12.0 Å². The molecule has 0 aliphatic rings. The van der Waals surface area contributed by atoms with Crippen LogP contribution < -0.4 is 5.32 Å². The molecule has 0 spiro atoms. The van der Waals surface area contributed by atoms with Gasteiger partial charge in [-0.05, 0) is 49.9 Å². The zero-order chi connectivity index (χ0) is 15.7. The van der Waals surface area contributed by atoms with Gasteiger partial charge in [0.1, 0.15) is 0 Å². The van der Waals surface area contributed by atoms with E-state index in [2.05, 4.69) is 26.1 Å². The van der Waals surface area contributed by atoms with E-state index in [1.807, 2.05) is 6.07 Å². The summed E-state index contributed by atoms with van der Waals surface area (Å²) in [7, 11) is 0. The van der Waals surface area contributed by atoms with Crippen LogP contribution in [0.15, 0.2) is 24.3 Å². The van der Waals surface area contributed by atoms with Gasteiger partial charge in [-0.25, -0.2) is 0 Å². The molecular weight excluding hydrogens is 264 g/mol. The zero-order valence-corrected chi connectivity index (χ0v) is 13.1. The second kappa shape index (κ2) is 9.15. The molecule has 1 aromatic rings. The first-order valence-corrected chi connectivity index (χ1v) is 7.43. The van der Waals surface area contributed by atoms with Gasteiger partial charge in [-0.2, -0.15) is 5.26 Å². The van der Waals surface area contributed by atoms with Gasteiger partial charge in [-0.1, -0.05) is 13.8 Å². The van der Waals surface area contributed by atoms with E-state index in [9.17, 15) is 4.79 Å². The largest absolute Gasteiger partial charge is 0.378 e. The van der Waals surface area contributed by atoms with Crippen LogP contribution in [-0.2, 0) is 9.53 Å². The summed E-state index contributed by atoms with van der Waals surface area (Å²) in [5, 5.41) is 11.5. The summed E-state index contributed by atoms with van der Waals surface area (Å²) in [4.78, 5) is 11.8. The molecule has 0 fully saturated rings. The fourth-order valence-electron chi connectivity index (χ4n) is 2.10. The summed E-state index contributed by atoms with van der Waals surface area (Å²) in [6.45, 7) is 7.02. The lowest BCUT2D eigenvalue weighted by atomic mass is 10.1. The Bertz CT molecular complexity index is 475. The van der Waals surface area contributed by atoms with E-state index in [4.69, 9.17) is 10.00 Å². The molecule has 1 atom stereocenters. The smallest absolute Gasteiger partial charge is 0.224 e. The molecule has 4 heteroatoms. The van der Waals surface area contributed by atoms with Crippen molar-refractivity contribution in [3.05, 3.63) is 29.8 Å². The summed E-state index contributed by atoms with van der Waals surface area (Å²) in [6.07, 6.45) is 2.43. The molecule has 21 heavy (non-hydrogen) atoms. The number of ether oxygens (including phenoxy) is 1. The molecular formula is C17H24N2O2. The normalized spacial score (nSPS) is 12.0. The molecule has 4 nitrogen and oxygen atoms in total. The van der Waals surface area contributed by atoms with Crippen LogP contribution in [0.5, 0.6) is 0 Å². The van der Waals surface area contributed by atoms with Crippen molar-refractivity contribution in [2.24, 2.45) is 5.92 Å². The van der Waals surface area contributed by atoms with Crippen molar-refractivity contribution < 1.29 is 9.53 Å². The minimum atomic E-state index is -0.0279. The van der Waals surface area contributed by atoms with Crippen molar-refractivity contribution in [2.45, 2.75) is 46.1 Å². The Morgan fingerprint density at radius 1 is 1.29 bits per heavy atom. The van der Waals surface area contributed by atoms with Gasteiger partial charge < -0.3 is 10.1 Å². The van der Waals surface area contributed by atoms with Gasteiger partial charge in [0.15, 0.2) is 0 Å². The van der Waals surface area contributed by atoms with Gasteiger partial charge in [0.05, 0.1) is 17.7 Å². The summed E-state index contributed by atoms with van der Waals surface area (Å²) in [5.74, 6) is 0.597. The number of benzene rings is 1. The predicted octanol–water partition coefficient (Wildman–Crippen LogP) is 3.73. The fourth-order valence-corrected chi connectivity index (χ4v) is 2.10. The van der Waals surface area contributed by atoms with Crippen LogP contribution in [0.4, 0.5) is 5.69 Å². The van der Waals surface area contributed by atoms with Crippen molar-refractivity contribution in [3.8, 4) is 6.07 Å². The summed E-state index contributed by atoms with van der Waals surface area (Å²) in [5.41, 5.74) is 1.30. The first kappa shape index (κ1) is 17.2. The van der Waals surface area contributed by atoms with Gasteiger partial charge >= 0.3 is 0 Å². The summed E-state index contributed by atoms with van der Waals surface area (Å²) < 4.78 is 5.67. The maximum absolute atomic E-state index is 11.8. The highest BCUT2D eigenvalue weighted by Gasteiger charge is 2.06. The minimum absolute atomic E-state index is 0.0279. The van der Waals surface area contributed by atoms with Crippen LogP contribution in [0.2, 0.25) is 0 Å². The van der Waals surface area contributed by atoms with Crippen molar-refractivity contribution in [1.29, 1.82) is 5.26 Å². The first-order valence-electron chi connectivity index (χ1n) is 7.43. The topological polar surface area (TPSA) is 62.1 Å². The Hall–Kier alpha value is -1.86. The molecule has 0 radical (unpaired) electrons. The number of rotatable bonds is 8. The third-order valence-electron chi connectivity index (χ3n) is 3.05. The first-order chi connectivity index (χ1) is 10.0. The standard InChI is InChI=1S/C17H24N2O2/c1-13(2)11-14(3)21-10-4-5-17(20)19-16-8-6-15(12-18)7-9-16/h6-9,13-14H,4-5,10-11H2,1-3H3,(H,19,20). The molecule has 0 bridgehead atoms. The molecule has 1 aromatic carbocycles. The number of nitriles is 1. The number of nitrogens with zero attached hydrogens (tertiary/aromatic N) is 1. The Balaban J connectivity index is 2.20. The lowest BCUT2D eigenvalue weighted by Gasteiger charge is -2.14.